The third-order valence-electron chi connectivity index (χ3n) is 6.72. The van der Waals surface area contributed by atoms with Crippen LogP contribution in [-0.4, -0.2) is 55.2 Å². The monoisotopic (exact) mass is 511 g/mol. The number of nitrogens with zero attached hydrogens (tertiary/aromatic N) is 4. The van der Waals surface area contributed by atoms with Crippen LogP contribution < -0.4 is 31.2 Å². The number of hydrogen-bond acceptors (Lipinski definition) is 9. The van der Waals surface area contributed by atoms with Crippen LogP contribution in [0.15, 0.2) is 67.2 Å². The first-order valence-electron chi connectivity index (χ1n) is 12.5. The minimum Gasteiger partial charge on any atom is -0.494 e. The van der Waals surface area contributed by atoms with E-state index in [1.807, 2.05) is 48.5 Å². The fourth-order valence-electron chi connectivity index (χ4n) is 4.53. The Morgan fingerprint density at radius 1 is 0.974 bits per heavy atom. The van der Waals surface area contributed by atoms with E-state index in [-0.39, 0.29) is 5.95 Å². The third kappa shape index (κ3) is 5.42. The largest absolute Gasteiger partial charge is 0.494 e. The summed E-state index contributed by atoms with van der Waals surface area (Å²) in [7, 11) is 3.72. The lowest BCUT2D eigenvalue weighted by Gasteiger charge is -2.33. The zero-order valence-electron chi connectivity index (χ0n) is 21.8. The van der Waals surface area contributed by atoms with Gasteiger partial charge in [-0.05, 0) is 54.6 Å². The van der Waals surface area contributed by atoms with Gasteiger partial charge in [0.25, 0.3) is 0 Å². The summed E-state index contributed by atoms with van der Waals surface area (Å²) < 4.78 is 11.3. The Morgan fingerprint density at radius 2 is 1.74 bits per heavy atom. The van der Waals surface area contributed by atoms with Gasteiger partial charge in [0.05, 0.1) is 12.6 Å². The molecule has 196 valence electrons. The number of hydrogen-bond donors (Lipinski definition) is 3. The molecule has 38 heavy (non-hydrogen) atoms. The molecule has 0 atom stereocenters. The van der Waals surface area contributed by atoms with Crippen LogP contribution in [0.2, 0.25) is 0 Å². The zero-order valence-corrected chi connectivity index (χ0v) is 21.8. The van der Waals surface area contributed by atoms with Crippen LogP contribution in [0.3, 0.4) is 0 Å². The first-order valence-corrected chi connectivity index (χ1v) is 12.5. The van der Waals surface area contributed by atoms with Gasteiger partial charge < -0.3 is 36.1 Å². The maximum atomic E-state index is 6.15. The topological polar surface area (TPSA) is 115 Å². The van der Waals surface area contributed by atoms with E-state index in [4.69, 9.17) is 20.9 Å². The lowest BCUT2D eigenvalue weighted by molar-refractivity contribution is 0.312. The van der Waals surface area contributed by atoms with Gasteiger partial charge in [-0.15, -0.1) is 0 Å². The van der Waals surface area contributed by atoms with Crippen LogP contribution >= 0.6 is 0 Å². The molecule has 2 heterocycles. The molecule has 5 N–H and O–H groups in total. The first kappa shape index (κ1) is 25.2. The lowest BCUT2D eigenvalue weighted by atomic mass is 10.1. The van der Waals surface area contributed by atoms with E-state index in [9.17, 15) is 0 Å². The van der Waals surface area contributed by atoms with E-state index < -0.39 is 0 Å². The quantitative estimate of drug-likeness (QED) is 0.301. The molecule has 0 aliphatic carbocycles. The normalized spacial score (nSPS) is 13.9. The predicted octanol–water partition coefficient (Wildman–Crippen LogP) is 4.11. The second-order valence-electron chi connectivity index (χ2n) is 9.38. The molecule has 3 aromatic carbocycles. The Morgan fingerprint density at radius 3 is 2.53 bits per heavy atom. The summed E-state index contributed by atoms with van der Waals surface area (Å²) in [5.41, 5.74) is 16.3. The minimum atomic E-state index is 0.274. The SMILES string of the molecule is C=C(NCc1cccc(Oc2cccc(OC)c2N)c1)c1ccc2c(N3CCN(C)CC3)nc(N)nc2c1. The van der Waals surface area contributed by atoms with Crippen LogP contribution in [0.5, 0.6) is 17.2 Å². The Labute approximate surface area is 222 Å². The minimum absolute atomic E-state index is 0.274. The number of nitrogen functional groups attached to an aromatic ring is 2. The van der Waals surface area contributed by atoms with Crippen LogP contribution in [0.4, 0.5) is 17.5 Å². The summed E-state index contributed by atoms with van der Waals surface area (Å²) >= 11 is 0. The lowest BCUT2D eigenvalue weighted by Crippen LogP contribution is -2.45. The molecule has 9 nitrogen and oxygen atoms in total. The molecule has 1 fully saturated rings. The van der Waals surface area contributed by atoms with Gasteiger partial charge in [-0.1, -0.05) is 30.8 Å². The molecule has 1 saturated heterocycles. The molecule has 0 radical (unpaired) electrons. The van der Waals surface area contributed by atoms with Crippen LogP contribution in [0.1, 0.15) is 11.1 Å². The molecule has 0 bridgehead atoms. The van der Waals surface area contributed by atoms with Gasteiger partial charge in [-0.2, -0.15) is 4.98 Å². The second kappa shape index (κ2) is 10.9. The number of nitrogens with one attached hydrogen (secondary N) is 1. The van der Waals surface area contributed by atoms with Crippen molar-refractivity contribution >= 4 is 34.1 Å². The Balaban J connectivity index is 1.29. The number of ether oxygens (including phenoxy) is 2. The first-order chi connectivity index (χ1) is 18.4. The van der Waals surface area contributed by atoms with Crippen LogP contribution in [0.25, 0.3) is 16.6 Å². The van der Waals surface area contributed by atoms with Crippen molar-refractivity contribution in [1.29, 1.82) is 0 Å². The number of anilines is 3. The number of likely N-dealkylation sites (N-methyl/N-ethyl adjacent to an activating group) is 1. The van der Waals surface area contributed by atoms with Gasteiger partial charge in [0, 0.05) is 43.8 Å². The zero-order chi connectivity index (χ0) is 26.6. The molecular formula is C29H33N7O2. The van der Waals surface area contributed by atoms with E-state index in [1.54, 1.807) is 13.2 Å². The van der Waals surface area contributed by atoms with Crippen molar-refractivity contribution in [2.24, 2.45) is 0 Å². The number of benzene rings is 3. The number of fused-ring (bicyclic) bond motifs is 1. The van der Waals surface area contributed by atoms with Crippen LogP contribution in [0, 0.1) is 0 Å². The van der Waals surface area contributed by atoms with E-state index >= 15 is 0 Å². The molecular weight excluding hydrogens is 478 g/mol. The number of methoxy groups -OCH3 is 1. The van der Waals surface area contributed by atoms with Crippen molar-refractivity contribution in [3.8, 4) is 17.2 Å². The van der Waals surface area contributed by atoms with E-state index in [0.717, 1.165) is 59.7 Å². The molecule has 0 amide bonds. The van der Waals surface area contributed by atoms with Crippen molar-refractivity contribution in [3.63, 3.8) is 0 Å². The molecule has 0 unspecified atom stereocenters. The third-order valence-corrected chi connectivity index (χ3v) is 6.72. The molecule has 4 aromatic rings. The fourth-order valence-corrected chi connectivity index (χ4v) is 4.53. The van der Waals surface area contributed by atoms with Crippen molar-refractivity contribution in [3.05, 3.63) is 78.4 Å². The number of para-hydroxylation sites is 1. The van der Waals surface area contributed by atoms with Crippen LogP contribution in [-0.2, 0) is 6.54 Å². The fraction of sp³-hybridized carbons (Fsp3) is 0.241. The predicted molar refractivity (Wildman–Crippen MR) is 153 cm³/mol. The van der Waals surface area contributed by atoms with E-state index in [0.29, 0.717) is 29.5 Å². The molecule has 0 saturated carbocycles. The molecule has 1 aliphatic heterocycles. The average Bonchev–Trinajstić information content (AvgIpc) is 2.92. The highest BCUT2D eigenvalue weighted by Gasteiger charge is 2.19. The summed E-state index contributed by atoms with van der Waals surface area (Å²) in [6.07, 6.45) is 0. The average molecular weight is 512 g/mol. The summed E-state index contributed by atoms with van der Waals surface area (Å²) in [5, 5.41) is 4.40. The standard InChI is InChI=1S/C29H33N7O2/c1-19(32-18-20-6-4-7-22(16-20)38-26-9-5-8-25(37-3)27(26)30)21-10-11-23-24(17-21)33-29(31)34-28(23)36-14-12-35(2)13-15-36/h4-11,16-17,32H,1,12-15,18,30H2,2-3H3,(H2,31,33,34). The maximum absolute atomic E-state index is 6.15. The highest BCUT2D eigenvalue weighted by atomic mass is 16.5. The number of piperazine rings is 1. The summed E-state index contributed by atoms with van der Waals surface area (Å²) in [5.74, 6) is 2.97. The Bertz CT molecular complexity index is 1470. The van der Waals surface area contributed by atoms with Crippen molar-refractivity contribution in [1.82, 2.24) is 20.2 Å². The van der Waals surface area contributed by atoms with E-state index in [2.05, 4.69) is 44.8 Å². The van der Waals surface area contributed by atoms with Gasteiger partial charge in [0.2, 0.25) is 5.95 Å². The Kier molecular flexibility index (Phi) is 7.19. The van der Waals surface area contributed by atoms with Gasteiger partial charge in [0.1, 0.15) is 23.0 Å². The maximum Gasteiger partial charge on any atom is 0.222 e. The molecule has 9 heteroatoms. The van der Waals surface area contributed by atoms with Crippen molar-refractivity contribution in [2.75, 3.05) is 56.7 Å². The molecule has 1 aliphatic rings. The number of rotatable bonds is 8. The van der Waals surface area contributed by atoms with Gasteiger partial charge in [-0.3, -0.25) is 0 Å². The number of aromatic nitrogens is 2. The van der Waals surface area contributed by atoms with E-state index in [1.165, 1.54) is 0 Å². The summed E-state index contributed by atoms with van der Waals surface area (Å²) in [6, 6.07) is 19.4. The number of nitrogens with two attached hydrogens (primary N) is 2. The molecule has 0 spiro atoms. The molecule has 1 aromatic heterocycles. The second-order valence-corrected chi connectivity index (χ2v) is 9.38. The van der Waals surface area contributed by atoms with Gasteiger partial charge in [0.15, 0.2) is 5.75 Å². The Hall–Kier alpha value is -4.50. The van der Waals surface area contributed by atoms with Crippen molar-refractivity contribution in [2.45, 2.75) is 6.54 Å². The van der Waals surface area contributed by atoms with Gasteiger partial charge >= 0.3 is 0 Å². The smallest absolute Gasteiger partial charge is 0.222 e. The molecule has 5 rings (SSSR count). The highest BCUT2D eigenvalue weighted by molar-refractivity contribution is 5.92. The summed E-state index contributed by atoms with van der Waals surface area (Å²) in [6.45, 7) is 8.61. The van der Waals surface area contributed by atoms with Gasteiger partial charge in [-0.25, -0.2) is 4.98 Å². The van der Waals surface area contributed by atoms with Crippen molar-refractivity contribution < 1.29 is 9.47 Å². The summed E-state index contributed by atoms with van der Waals surface area (Å²) in [4.78, 5) is 13.7. The highest BCUT2D eigenvalue weighted by Crippen LogP contribution is 2.34.